The molecule has 27 heavy (non-hydrogen) atoms. The van der Waals surface area contributed by atoms with Gasteiger partial charge in [0.1, 0.15) is 0 Å². The fraction of sp³-hybridized carbons (Fsp3) is 0.222. The predicted molar refractivity (Wildman–Crippen MR) is 104 cm³/mol. The second-order valence-electron chi connectivity index (χ2n) is 5.81. The van der Waals surface area contributed by atoms with E-state index in [9.17, 15) is 14.4 Å². The van der Waals surface area contributed by atoms with Crippen molar-refractivity contribution in [1.29, 1.82) is 0 Å². The summed E-state index contributed by atoms with van der Waals surface area (Å²) in [4.78, 5) is 44.7. The largest absolute Gasteiger partial charge is 0.356 e. The van der Waals surface area contributed by atoms with Gasteiger partial charge in [-0.15, -0.1) is 0 Å². The molecule has 0 unspecified atom stereocenters. The molecule has 2 aromatic rings. The summed E-state index contributed by atoms with van der Waals surface area (Å²) in [6.07, 6.45) is 5.62. The summed E-state index contributed by atoms with van der Waals surface area (Å²) in [5.74, 6) is -0.597. The number of aromatic amines is 1. The van der Waals surface area contributed by atoms with Crippen LogP contribution in [0.1, 0.15) is 17.7 Å². The van der Waals surface area contributed by atoms with Gasteiger partial charge in [0, 0.05) is 42.8 Å². The van der Waals surface area contributed by atoms with Crippen molar-refractivity contribution in [3.63, 3.8) is 0 Å². The number of amides is 3. The summed E-state index contributed by atoms with van der Waals surface area (Å²) in [5.41, 5.74) is 1.70. The van der Waals surface area contributed by atoms with Crippen molar-refractivity contribution in [2.75, 3.05) is 13.1 Å². The van der Waals surface area contributed by atoms with Crippen LogP contribution < -0.4 is 5.32 Å². The molecule has 0 saturated carbocycles. The van der Waals surface area contributed by atoms with Gasteiger partial charge in [-0.2, -0.15) is 0 Å². The summed E-state index contributed by atoms with van der Waals surface area (Å²) < 4.78 is 0. The van der Waals surface area contributed by atoms with Crippen molar-refractivity contribution in [3.05, 3.63) is 58.0 Å². The maximum atomic E-state index is 12.4. The highest BCUT2D eigenvalue weighted by atomic mass is 35.5. The van der Waals surface area contributed by atoms with Gasteiger partial charge in [0.25, 0.3) is 11.1 Å². The molecular weight excluding hydrogens is 388 g/mol. The molecule has 140 valence electrons. The minimum Gasteiger partial charge on any atom is -0.356 e. The number of nitrogens with one attached hydrogen (secondary N) is 2. The van der Waals surface area contributed by atoms with Crippen molar-refractivity contribution in [2.24, 2.45) is 0 Å². The highest BCUT2D eigenvalue weighted by Gasteiger charge is 2.34. The number of benzene rings is 1. The Balaban J connectivity index is 1.49. The van der Waals surface area contributed by atoms with E-state index in [0.29, 0.717) is 22.9 Å². The Labute approximate surface area is 165 Å². The van der Waals surface area contributed by atoms with Crippen LogP contribution in [-0.4, -0.2) is 45.0 Å². The smallest absolute Gasteiger partial charge is 0.293 e. The van der Waals surface area contributed by atoms with E-state index in [-0.39, 0.29) is 30.0 Å². The first-order valence-corrected chi connectivity index (χ1v) is 9.47. The van der Waals surface area contributed by atoms with Crippen LogP contribution in [0, 0.1) is 0 Å². The lowest BCUT2D eigenvalue weighted by Crippen LogP contribution is -2.34. The molecule has 1 aliphatic heterocycles. The van der Waals surface area contributed by atoms with E-state index in [0.717, 1.165) is 27.9 Å². The summed E-state index contributed by atoms with van der Waals surface area (Å²) >= 11 is 6.71. The molecule has 0 radical (unpaired) electrons. The van der Waals surface area contributed by atoms with Crippen molar-refractivity contribution in [1.82, 2.24) is 20.2 Å². The molecule has 1 aliphatic rings. The summed E-state index contributed by atoms with van der Waals surface area (Å²) in [7, 11) is 0. The van der Waals surface area contributed by atoms with Crippen LogP contribution in [0.4, 0.5) is 4.79 Å². The number of rotatable bonds is 7. The molecule has 1 aromatic heterocycles. The number of imidazole rings is 1. The van der Waals surface area contributed by atoms with Crippen molar-refractivity contribution in [3.8, 4) is 0 Å². The third-order valence-electron chi connectivity index (χ3n) is 3.88. The molecule has 0 bridgehead atoms. The number of halogens is 1. The van der Waals surface area contributed by atoms with Gasteiger partial charge in [0.2, 0.25) is 5.91 Å². The van der Waals surface area contributed by atoms with Crippen LogP contribution in [0.15, 0.2) is 41.7 Å². The van der Waals surface area contributed by atoms with E-state index in [4.69, 9.17) is 11.6 Å². The van der Waals surface area contributed by atoms with Gasteiger partial charge in [-0.25, -0.2) is 4.98 Å². The third-order valence-corrected chi connectivity index (χ3v) is 5.03. The number of hydrogen-bond donors (Lipinski definition) is 2. The molecule has 2 heterocycles. The van der Waals surface area contributed by atoms with Gasteiger partial charge in [-0.3, -0.25) is 19.3 Å². The molecule has 7 nitrogen and oxygen atoms in total. The highest BCUT2D eigenvalue weighted by molar-refractivity contribution is 8.18. The molecule has 1 aromatic carbocycles. The highest BCUT2D eigenvalue weighted by Crippen LogP contribution is 2.32. The van der Waals surface area contributed by atoms with E-state index < -0.39 is 0 Å². The second kappa shape index (κ2) is 8.88. The van der Waals surface area contributed by atoms with Crippen LogP contribution in [0.25, 0.3) is 6.08 Å². The normalized spacial score (nSPS) is 15.6. The molecule has 3 rings (SSSR count). The second-order valence-corrected chi connectivity index (χ2v) is 7.24. The van der Waals surface area contributed by atoms with Crippen LogP contribution in [0.2, 0.25) is 5.02 Å². The molecule has 1 saturated heterocycles. The van der Waals surface area contributed by atoms with Crippen LogP contribution in [0.3, 0.4) is 0 Å². The van der Waals surface area contributed by atoms with Gasteiger partial charge in [0.15, 0.2) is 0 Å². The molecule has 3 amide bonds. The molecule has 0 atom stereocenters. The topological polar surface area (TPSA) is 95.2 Å². The Kier molecular flexibility index (Phi) is 6.31. The van der Waals surface area contributed by atoms with Crippen LogP contribution in [-0.2, 0) is 16.0 Å². The van der Waals surface area contributed by atoms with Gasteiger partial charge < -0.3 is 10.3 Å². The minimum atomic E-state index is -0.384. The summed E-state index contributed by atoms with van der Waals surface area (Å²) in [6.45, 7) is 0.512. The number of carbonyl (C=O) groups is 3. The Morgan fingerprint density at radius 2 is 2.07 bits per heavy atom. The number of carbonyl (C=O) groups excluding carboxylic acids is 3. The van der Waals surface area contributed by atoms with Crippen molar-refractivity contribution >= 4 is 46.5 Å². The lowest BCUT2D eigenvalue weighted by atomic mass is 10.2. The van der Waals surface area contributed by atoms with Crippen LogP contribution in [0.5, 0.6) is 0 Å². The number of imide groups is 1. The minimum absolute atomic E-state index is 0.0541. The van der Waals surface area contributed by atoms with Crippen molar-refractivity contribution < 1.29 is 14.4 Å². The lowest BCUT2D eigenvalue weighted by molar-refractivity contribution is -0.124. The average molecular weight is 405 g/mol. The number of aromatic nitrogens is 2. The zero-order valence-electron chi connectivity index (χ0n) is 14.3. The quantitative estimate of drug-likeness (QED) is 0.692. The Hall–Kier alpha value is -2.58. The van der Waals surface area contributed by atoms with E-state index in [1.54, 1.807) is 42.9 Å². The maximum Gasteiger partial charge on any atom is 0.293 e. The number of nitrogens with zero attached hydrogens (tertiary/aromatic N) is 2. The van der Waals surface area contributed by atoms with E-state index in [1.807, 2.05) is 0 Å². The molecule has 9 heteroatoms. The molecular formula is C18H17ClN4O3S. The molecule has 1 fully saturated rings. The third kappa shape index (κ3) is 5.21. The first-order valence-electron chi connectivity index (χ1n) is 8.28. The zero-order valence-corrected chi connectivity index (χ0v) is 15.8. The standard InChI is InChI=1S/C18H17ClN4O3S/c19-13-3-1-12(2-4-13)9-15-17(25)23(18(26)27-15)8-6-16(24)21-7-5-14-10-20-11-22-14/h1-4,9-11H,5-8H2,(H,20,22)(H,21,24). The van der Waals surface area contributed by atoms with Gasteiger partial charge in [-0.05, 0) is 35.5 Å². The van der Waals surface area contributed by atoms with Crippen molar-refractivity contribution in [2.45, 2.75) is 12.8 Å². The SMILES string of the molecule is O=C(CCN1C(=O)SC(=Cc2ccc(Cl)cc2)C1=O)NCCc1cnc[nH]1. The maximum absolute atomic E-state index is 12.4. The first kappa shape index (κ1) is 19.2. The number of H-pyrrole nitrogens is 1. The first-order chi connectivity index (χ1) is 13.0. The van der Waals surface area contributed by atoms with E-state index >= 15 is 0 Å². The molecule has 2 N–H and O–H groups in total. The van der Waals surface area contributed by atoms with Gasteiger partial charge in [0.05, 0.1) is 11.2 Å². The summed E-state index contributed by atoms with van der Waals surface area (Å²) in [6, 6.07) is 6.96. The fourth-order valence-corrected chi connectivity index (χ4v) is 3.45. The fourth-order valence-electron chi connectivity index (χ4n) is 2.46. The molecule has 0 aliphatic carbocycles. The zero-order chi connectivity index (χ0) is 19.2. The molecule has 0 spiro atoms. The van der Waals surface area contributed by atoms with Crippen LogP contribution >= 0.6 is 23.4 Å². The number of thioether (sulfide) groups is 1. The Morgan fingerprint density at radius 1 is 1.30 bits per heavy atom. The Bertz CT molecular complexity index is 865. The average Bonchev–Trinajstić information content (AvgIpc) is 3.24. The lowest BCUT2D eigenvalue weighted by Gasteiger charge is -2.12. The predicted octanol–water partition coefficient (Wildman–Crippen LogP) is 2.85. The number of hydrogen-bond acceptors (Lipinski definition) is 5. The summed E-state index contributed by atoms with van der Waals surface area (Å²) in [5, 5.41) is 2.99. The monoisotopic (exact) mass is 404 g/mol. The Morgan fingerprint density at radius 3 is 2.78 bits per heavy atom. The van der Waals surface area contributed by atoms with E-state index in [2.05, 4.69) is 15.3 Å². The van der Waals surface area contributed by atoms with Gasteiger partial charge >= 0.3 is 0 Å². The van der Waals surface area contributed by atoms with E-state index in [1.165, 1.54) is 0 Å². The van der Waals surface area contributed by atoms with Gasteiger partial charge in [-0.1, -0.05) is 23.7 Å².